The van der Waals surface area contributed by atoms with Crippen molar-refractivity contribution in [1.82, 2.24) is 9.55 Å². The van der Waals surface area contributed by atoms with Crippen molar-refractivity contribution in [3.63, 3.8) is 0 Å². The molecule has 0 radical (unpaired) electrons. The number of amides is 1. The van der Waals surface area contributed by atoms with Crippen LogP contribution in [0.2, 0.25) is 0 Å². The molecule has 0 unspecified atom stereocenters. The van der Waals surface area contributed by atoms with Crippen molar-refractivity contribution in [2.45, 2.75) is 37.8 Å². The number of nitrogens with zero attached hydrogens (tertiary/aromatic N) is 1. The summed E-state index contributed by atoms with van der Waals surface area (Å²) >= 11 is 0. The Morgan fingerprint density at radius 3 is 2.65 bits per heavy atom. The van der Waals surface area contributed by atoms with Crippen LogP contribution in [0, 0.1) is 0 Å². The van der Waals surface area contributed by atoms with Crippen molar-refractivity contribution >= 4 is 17.1 Å². The molecular weight excluding hydrogens is 258 g/mol. The predicted octanol–water partition coefficient (Wildman–Crippen LogP) is 1.91. The molecule has 1 saturated carbocycles. The molecule has 1 aromatic heterocycles. The van der Waals surface area contributed by atoms with E-state index in [1.54, 1.807) is 0 Å². The second-order valence-corrected chi connectivity index (χ2v) is 5.18. The maximum atomic E-state index is 12.1. The van der Waals surface area contributed by atoms with Crippen LogP contribution in [0.25, 0.3) is 11.0 Å². The standard InChI is InChI=1S/C14H17N3O3/c15-13(18)20-10-7-5-9(6-8-10)17-12-4-2-1-3-11(12)16-14(17)19/h1-4,9-10H,5-8H2,(H2,15,18)(H,16,19). The number of benzene rings is 1. The Hall–Kier alpha value is -2.24. The van der Waals surface area contributed by atoms with Crippen LogP contribution in [-0.4, -0.2) is 21.7 Å². The van der Waals surface area contributed by atoms with Gasteiger partial charge >= 0.3 is 11.8 Å². The van der Waals surface area contributed by atoms with Gasteiger partial charge < -0.3 is 15.5 Å². The highest BCUT2D eigenvalue weighted by atomic mass is 16.6. The monoisotopic (exact) mass is 275 g/mol. The van der Waals surface area contributed by atoms with Crippen LogP contribution in [0.1, 0.15) is 31.7 Å². The number of ether oxygens (including phenoxy) is 1. The van der Waals surface area contributed by atoms with Crippen molar-refractivity contribution < 1.29 is 9.53 Å². The fourth-order valence-electron chi connectivity index (χ4n) is 3.02. The van der Waals surface area contributed by atoms with E-state index in [0.29, 0.717) is 0 Å². The summed E-state index contributed by atoms with van der Waals surface area (Å²) in [5.41, 5.74) is 6.73. The molecule has 6 heteroatoms. The number of para-hydroxylation sites is 2. The van der Waals surface area contributed by atoms with Gasteiger partial charge in [0, 0.05) is 6.04 Å². The molecule has 1 aliphatic carbocycles. The van der Waals surface area contributed by atoms with Gasteiger partial charge in [-0.3, -0.25) is 4.57 Å². The van der Waals surface area contributed by atoms with Crippen molar-refractivity contribution in [2.24, 2.45) is 5.73 Å². The second kappa shape index (κ2) is 5.03. The van der Waals surface area contributed by atoms with Crippen molar-refractivity contribution in [2.75, 3.05) is 0 Å². The van der Waals surface area contributed by atoms with Crippen molar-refractivity contribution in [1.29, 1.82) is 0 Å². The van der Waals surface area contributed by atoms with Gasteiger partial charge in [-0.2, -0.15) is 0 Å². The van der Waals surface area contributed by atoms with Crippen molar-refractivity contribution in [3.8, 4) is 0 Å². The molecule has 1 amide bonds. The molecule has 3 rings (SSSR count). The lowest BCUT2D eigenvalue weighted by molar-refractivity contribution is 0.0724. The molecule has 1 aromatic carbocycles. The molecular formula is C14H17N3O3. The number of aromatic amines is 1. The van der Waals surface area contributed by atoms with Crippen LogP contribution >= 0.6 is 0 Å². The number of hydrogen-bond acceptors (Lipinski definition) is 3. The number of carbonyl (C=O) groups excluding carboxylic acids is 1. The quantitative estimate of drug-likeness (QED) is 0.877. The molecule has 1 heterocycles. The first-order valence-corrected chi connectivity index (χ1v) is 6.80. The molecule has 1 fully saturated rings. The van der Waals surface area contributed by atoms with E-state index >= 15 is 0 Å². The Balaban J connectivity index is 1.82. The Bertz CT molecular complexity index is 680. The SMILES string of the molecule is NC(=O)OC1CCC(n2c(=O)[nH]c3ccccc32)CC1. The Morgan fingerprint density at radius 1 is 1.25 bits per heavy atom. The number of rotatable bonds is 2. The number of H-pyrrole nitrogens is 1. The van der Waals surface area contributed by atoms with Gasteiger partial charge in [0.15, 0.2) is 0 Å². The zero-order chi connectivity index (χ0) is 14.1. The molecule has 20 heavy (non-hydrogen) atoms. The van der Waals surface area contributed by atoms with Crippen LogP contribution in [0.15, 0.2) is 29.1 Å². The molecule has 106 valence electrons. The summed E-state index contributed by atoms with van der Waals surface area (Å²) in [4.78, 5) is 25.7. The molecule has 1 aliphatic rings. The smallest absolute Gasteiger partial charge is 0.404 e. The zero-order valence-electron chi connectivity index (χ0n) is 11.0. The van der Waals surface area contributed by atoms with Gasteiger partial charge in [0.1, 0.15) is 6.10 Å². The fraction of sp³-hybridized carbons (Fsp3) is 0.429. The third-order valence-corrected chi connectivity index (χ3v) is 3.92. The number of aromatic nitrogens is 2. The number of hydrogen-bond donors (Lipinski definition) is 2. The number of imidazole rings is 1. The number of fused-ring (bicyclic) bond motifs is 1. The highest BCUT2D eigenvalue weighted by Crippen LogP contribution is 2.31. The topological polar surface area (TPSA) is 90.1 Å². The highest BCUT2D eigenvalue weighted by molar-refractivity contribution is 5.75. The van der Waals surface area contributed by atoms with E-state index in [1.807, 2.05) is 28.8 Å². The lowest BCUT2D eigenvalue weighted by Crippen LogP contribution is -2.31. The van der Waals surface area contributed by atoms with Crippen LogP contribution in [0.4, 0.5) is 4.79 Å². The van der Waals surface area contributed by atoms with E-state index in [0.717, 1.165) is 36.7 Å². The molecule has 3 N–H and O–H groups in total. The van der Waals surface area contributed by atoms with E-state index < -0.39 is 6.09 Å². The van der Waals surface area contributed by atoms with Gasteiger partial charge in [-0.25, -0.2) is 9.59 Å². The summed E-state index contributed by atoms with van der Waals surface area (Å²) in [6, 6.07) is 7.81. The second-order valence-electron chi connectivity index (χ2n) is 5.18. The molecule has 0 saturated heterocycles. The zero-order valence-corrected chi connectivity index (χ0v) is 11.0. The molecule has 0 bridgehead atoms. The number of nitrogens with one attached hydrogen (secondary N) is 1. The summed E-state index contributed by atoms with van der Waals surface area (Å²) in [5, 5.41) is 0. The first kappa shape index (κ1) is 12.8. The summed E-state index contributed by atoms with van der Waals surface area (Å²) in [6.45, 7) is 0. The molecule has 0 atom stereocenters. The summed E-state index contributed by atoms with van der Waals surface area (Å²) in [5.74, 6) is 0. The largest absolute Gasteiger partial charge is 0.446 e. The Morgan fingerprint density at radius 2 is 1.95 bits per heavy atom. The Labute approximate surface area is 115 Å². The first-order valence-electron chi connectivity index (χ1n) is 6.80. The maximum Gasteiger partial charge on any atom is 0.404 e. The summed E-state index contributed by atoms with van der Waals surface area (Å²) in [7, 11) is 0. The predicted molar refractivity (Wildman–Crippen MR) is 74.5 cm³/mol. The van der Waals surface area contributed by atoms with Gasteiger partial charge in [-0.15, -0.1) is 0 Å². The minimum absolute atomic E-state index is 0.0783. The molecule has 0 spiro atoms. The third kappa shape index (κ3) is 2.29. The molecule has 2 aromatic rings. The van der Waals surface area contributed by atoms with Crippen LogP contribution in [-0.2, 0) is 4.74 Å². The lowest BCUT2D eigenvalue weighted by Gasteiger charge is -2.28. The highest BCUT2D eigenvalue weighted by Gasteiger charge is 2.26. The maximum absolute atomic E-state index is 12.1. The summed E-state index contributed by atoms with van der Waals surface area (Å²) in [6.07, 6.45) is 2.24. The van der Waals surface area contributed by atoms with E-state index in [4.69, 9.17) is 10.5 Å². The Kier molecular flexibility index (Phi) is 3.22. The molecule has 0 aliphatic heterocycles. The van der Waals surface area contributed by atoms with Gasteiger partial charge in [-0.1, -0.05) is 12.1 Å². The van der Waals surface area contributed by atoms with Crippen LogP contribution in [0.3, 0.4) is 0 Å². The van der Waals surface area contributed by atoms with Gasteiger partial charge in [0.05, 0.1) is 11.0 Å². The average molecular weight is 275 g/mol. The van der Waals surface area contributed by atoms with E-state index in [-0.39, 0.29) is 17.8 Å². The minimum Gasteiger partial charge on any atom is -0.446 e. The molecule has 6 nitrogen and oxygen atoms in total. The third-order valence-electron chi connectivity index (χ3n) is 3.92. The van der Waals surface area contributed by atoms with Crippen LogP contribution in [0.5, 0.6) is 0 Å². The number of nitrogens with two attached hydrogens (primary N) is 1. The van der Waals surface area contributed by atoms with E-state index in [9.17, 15) is 9.59 Å². The van der Waals surface area contributed by atoms with Gasteiger partial charge in [0.2, 0.25) is 0 Å². The average Bonchev–Trinajstić information content (AvgIpc) is 2.75. The number of primary amides is 1. The lowest BCUT2D eigenvalue weighted by atomic mass is 9.92. The van der Waals surface area contributed by atoms with E-state index in [2.05, 4.69) is 4.98 Å². The van der Waals surface area contributed by atoms with E-state index in [1.165, 1.54) is 0 Å². The van der Waals surface area contributed by atoms with Gasteiger partial charge in [0.25, 0.3) is 0 Å². The normalized spacial score (nSPS) is 22.8. The van der Waals surface area contributed by atoms with Crippen molar-refractivity contribution in [3.05, 3.63) is 34.7 Å². The summed E-state index contributed by atoms with van der Waals surface area (Å²) < 4.78 is 6.83. The van der Waals surface area contributed by atoms with Gasteiger partial charge in [-0.05, 0) is 37.8 Å². The number of carbonyl (C=O) groups is 1. The minimum atomic E-state index is -0.724. The fourth-order valence-corrected chi connectivity index (χ4v) is 3.02. The first-order chi connectivity index (χ1) is 9.65. The van der Waals surface area contributed by atoms with Crippen LogP contribution < -0.4 is 11.4 Å².